The smallest absolute Gasteiger partial charge is 0.293 e. The third kappa shape index (κ3) is 7.68. The number of benzene rings is 2. The lowest BCUT2D eigenvalue weighted by atomic mass is 10.1. The highest BCUT2D eigenvalue weighted by Gasteiger charge is 2.12. The summed E-state index contributed by atoms with van der Waals surface area (Å²) in [5.41, 5.74) is 7.20. The summed E-state index contributed by atoms with van der Waals surface area (Å²) in [6.45, 7) is 2.89. The molecule has 144 valence electrons. The molecule has 27 heavy (non-hydrogen) atoms. The molecule has 0 heterocycles. The molecular formula is C20H25ClN3O3+. The van der Waals surface area contributed by atoms with Crippen molar-refractivity contribution in [2.45, 2.75) is 19.9 Å². The van der Waals surface area contributed by atoms with E-state index in [4.69, 9.17) is 16.3 Å². The van der Waals surface area contributed by atoms with Gasteiger partial charge in [-0.2, -0.15) is 0 Å². The molecule has 1 atom stereocenters. The maximum Gasteiger partial charge on any atom is 0.293 e. The van der Waals surface area contributed by atoms with Crippen molar-refractivity contribution < 1.29 is 19.2 Å². The molecule has 0 aliphatic carbocycles. The Morgan fingerprint density at radius 1 is 0.963 bits per heavy atom. The maximum atomic E-state index is 12.0. The summed E-state index contributed by atoms with van der Waals surface area (Å²) in [7, 11) is 1.93. The Kier molecular flexibility index (Phi) is 8.10. The average molecular weight is 391 g/mol. The Hall–Kier alpha value is -2.57. The van der Waals surface area contributed by atoms with E-state index in [9.17, 15) is 9.59 Å². The number of amides is 2. The van der Waals surface area contributed by atoms with Crippen molar-refractivity contribution in [3.8, 4) is 5.75 Å². The molecule has 2 rings (SSSR count). The first kappa shape index (κ1) is 20.7. The lowest BCUT2D eigenvalue weighted by Gasteiger charge is -2.14. The molecule has 2 amide bonds. The highest BCUT2D eigenvalue weighted by atomic mass is 35.5. The normalized spacial score (nSPS) is 11.5. The topological polar surface area (TPSA) is 71.9 Å². The van der Waals surface area contributed by atoms with Crippen LogP contribution >= 0.6 is 11.6 Å². The zero-order chi connectivity index (χ0) is 19.6. The standard InChI is InChI=1S/C20H24ClN3O3/c1-3-15-4-6-16(7-5-15)12-24(2)13-19(25)22-23-20(26)14-27-18-10-8-17(21)9-11-18/h4-11H,3,12-14H2,1-2H3,(H,22,25)(H,23,26)/p+1. The fourth-order valence-corrected chi connectivity index (χ4v) is 2.60. The summed E-state index contributed by atoms with van der Waals surface area (Å²) in [5.74, 6) is -0.178. The number of carbonyl (C=O) groups is 2. The molecule has 0 spiro atoms. The molecule has 0 aliphatic heterocycles. The first-order valence-electron chi connectivity index (χ1n) is 8.81. The quantitative estimate of drug-likeness (QED) is 0.592. The Bertz CT molecular complexity index is 748. The van der Waals surface area contributed by atoms with Crippen molar-refractivity contribution in [2.75, 3.05) is 20.2 Å². The second-order valence-corrected chi connectivity index (χ2v) is 6.76. The van der Waals surface area contributed by atoms with Gasteiger partial charge in [0.05, 0.1) is 7.05 Å². The summed E-state index contributed by atoms with van der Waals surface area (Å²) in [5, 5.41) is 0.590. The van der Waals surface area contributed by atoms with Crippen LogP contribution in [0.1, 0.15) is 18.1 Å². The molecule has 0 aromatic heterocycles. The lowest BCUT2D eigenvalue weighted by molar-refractivity contribution is -0.885. The van der Waals surface area contributed by atoms with E-state index in [0.29, 0.717) is 10.8 Å². The number of hydrazine groups is 1. The Morgan fingerprint density at radius 2 is 1.56 bits per heavy atom. The van der Waals surface area contributed by atoms with E-state index >= 15 is 0 Å². The molecule has 7 heteroatoms. The largest absolute Gasteiger partial charge is 0.484 e. The van der Waals surface area contributed by atoms with Gasteiger partial charge in [0.25, 0.3) is 11.8 Å². The van der Waals surface area contributed by atoms with Gasteiger partial charge in [-0.05, 0) is 36.2 Å². The second-order valence-electron chi connectivity index (χ2n) is 6.32. The fourth-order valence-electron chi connectivity index (χ4n) is 2.48. The number of carbonyl (C=O) groups excluding carboxylic acids is 2. The highest BCUT2D eigenvalue weighted by molar-refractivity contribution is 6.30. The number of ether oxygens (including phenoxy) is 1. The minimum Gasteiger partial charge on any atom is -0.484 e. The van der Waals surface area contributed by atoms with Crippen molar-refractivity contribution in [2.24, 2.45) is 0 Å². The molecular weight excluding hydrogens is 366 g/mol. The van der Waals surface area contributed by atoms with E-state index in [1.54, 1.807) is 24.3 Å². The van der Waals surface area contributed by atoms with Crippen molar-refractivity contribution in [1.29, 1.82) is 0 Å². The minimum absolute atomic E-state index is 0.200. The summed E-state index contributed by atoms with van der Waals surface area (Å²) in [6.07, 6.45) is 1.01. The molecule has 0 bridgehead atoms. The van der Waals surface area contributed by atoms with E-state index < -0.39 is 5.91 Å². The van der Waals surface area contributed by atoms with Crippen LogP contribution in [-0.4, -0.2) is 32.0 Å². The zero-order valence-electron chi connectivity index (χ0n) is 15.5. The fraction of sp³-hybridized carbons (Fsp3) is 0.300. The van der Waals surface area contributed by atoms with Crippen LogP contribution < -0.4 is 20.5 Å². The number of hydrogen-bond donors (Lipinski definition) is 3. The van der Waals surface area contributed by atoms with Crippen LogP contribution in [0.4, 0.5) is 0 Å². The molecule has 0 saturated heterocycles. The Morgan fingerprint density at radius 3 is 2.19 bits per heavy atom. The van der Waals surface area contributed by atoms with Crippen LogP contribution in [0.3, 0.4) is 0 Å². The van der Waals surface area contributed by atoms with Crippen molar-refractivity contribution >= 4 is 23.4 Å². The summed E-state index contributed by atoms with van der Waals surface area (Å²) in [6, 6.07) is 15.0. The molecule has 2 aromatic carbocycles. The van der Waals surface area contributed by atoms with Gasteiger partial charge in [-0.15, -0.1) is 0 Å². The molecule has 0 saturated carbocycles. The predicted molar refractivity (Wildman–Crippen MR) is 105 cm³/mol. The molecule has 0 aliphatic rings. The van der Waals surface area contributed by atoms with E-state index in [-0.39, 0.29) is 19.1 Å². The number of nitrogens with one attached hydrogen (secondary N) is 3. The molecule has 2 aromatic rings. The lowest BCUT2D eigenvalue weighted by Crippen LogP contribution is -3.09. The average Bonchev–Trinajstić information content (AvgIpc) is 2.66. The van der Waals surface area contributed by atoms with Crippen molar-refractivity contribution in [3.63, 3.8) is 0 Å². The summed E-state index contributed by atoms with van der Waals surface area (Å²) in [4.78, 5) is 24.7. The van der Waals surface area contributed by atoms with Gasteiger partial charge in [0.15, 0.2) is 13.2 Å². The Balaban J connectivity index is 1.66. The van der Waals surface area contributed by atoms with Crippen molar-refractivity contribution in [3.05, 3.63) is 64.7 Å². The van der Waals surface area contributed by atoms with Gasteiger partial charge in [-0.3, -0.25) is 20.4 Å². The second kappa shape index (κ2) is 10.5. The third-order valence-electron chi connectivity index (χ3n) is 3.92. The van der Waals surface area contributed by atoms with E-state index in [1.807, 2.05) is 7.05 Å². The molecule has 0 radical (unpaired) electrons. The van der Waals surface area contributed by atoms with Crippen molar-refractivity contribution in [1.82, 2.24) is 10.9 Å². The first-order valence-corrected chi connectivity index (χ1v) is 9.19. The maximum absolute atomic E-state index is 12.0. The molecule has 0 fully saturated rings. The molecule has 3 N–H and O–H groups in total. The van der Waals surface area contributed by atoms with Crippen LogP contribution in [0.25, 0.3) is 0 Å². The number of aryl methyl sites for hydroxylation is 1. The SMILES string of the molecule is CCc1ccc(C[NH+](C)CC(=O)NNC(=O)COc2ccc(Cl)cc2)cc1. The molecule has 6 nitrogen and oxygen atoms in total. The van der Waals surface area contributed by atoms with Gasteiger partial charge in [-0.1, -0.05) is 42.8 Å². The monoisotopic (exact) mass is 390 g/mol. The third-order valence-corrected chi connectivity index (χ3v) is 4.18. The number of quaternary nitrogens is 1. The summed E-state index contributed by atoms with van der Waals surface area (Å²) < 4.78 is 5.31. The van der Waals surface area contributed by atoms with E-state index in [1.165, 1.54) is 5.56 Å². The van der Waals surface area contributed by atoms with Gasteiger partial charge < -0.3 is 9.64 Å². The van der Waals surface area contributed by atoms with Gasteiger partial charge in [-0.25, -0.2) is 0 Å². The number of halogens is 1. The van der Waals surface area contributed by atoms with Gasteiger partial charge in [0.2, 0.25) is 0 Å². The van der Waals surface area contributed by atoms with Gasteiger partial charge >= 0.3 is 0 Å². The zero-order valence-corrected chi connectivity index (χ0v) is 16.3. The first-order chi connectivity index (χ1) is 13.0. The number of hydrogen-bond acceptors (Lipinski definition) is 3. The van der Waals surface area contributed by atoms with E-state index in [0.717, 1.165) is 23.4 Å². The molecule has 1 unspecified atom stereocenters. The Labute approximate surface area is 164 Å². The van der Waals surface area contributed by atoms with Crippen LogP contribution in [0, 0.1) is 0 Å². The van der Waals surface area contributed by atoms with Gasteiger partial charge in [0.1, 0.15) is 12.3 Å². The number of likely N-dealkylation sites (N-methyl/N-ethyl adjacent to an activating group) is 1. The van der Waals surface area contributed by atoms with Gasteiger partial charge in [0, 0.05) is 10.6 Å². The number of rotatable bonds is 8. The van der Waals surface area contributed by atoms with Crippen LogP contribution in [0.2, 0.25) is 5.02 Å². The highest BCUT2D eigenvalue weighted by Crippen LogP contribution is 2.15. The van der Waals surface area contributed by atoms with Crippen LogP contribution in [-0.2, 0) is 22.6 Å². The summed E-state index contributed by atoms with van der Waals surface area (Å²) >= 11 is 5.78. The van der Waals surface area contributed by atoms with Crippen LogP contribution in [0.5, 0.6) is 5.75 Å². The van der Waals surface area contributed by atoms with E-state index in [2.05, 4.69) is 42.0 Å². The van der Waals surface area contributed by atoms with Crippen LogP contribution in [0.15, 0.2) is 48.5 Å². The predicted octanol–water partition coefficient (Wildman–Crippen LogP) is 1.14. The minimum atomic E-state index is -0.439.